The van der Waals surface area contributed by atoms with Gasteiger partial charge in [-0.25, -0.2) is 4.79 Å². The first-order valence-corrected chi connectivity index (χ1v) is 12.9. The lowest BCUT2D eigenvalue weighted by Gasteiger charge is -2.34. The van der Waals surface area contributed by atoms with Crippen LogP contribution in [-0.4, -0.2) is 50.4 Å². The van der Waals surface area contributed by atoms with Crippen LogP contribution in [0.15, 0.2) is 97.1 Å². The van der Waals surface area contributed by atoms with Gasteiger partial charge in [-0.3, -0.25) is 0 Å². The van der Waals surface area contributed by atoms with Gasteiger partial charge in [0.2, 0.25) is 0 Å². The Bertz CT molecular complexity index is 1550. The zero-order chi connectivity index (χ0) is 27.7. The van der Waals surface area contributed by atoms with Crippen molar-refractivity contribution >= 4 is 50.3 Å². The van der Waals surface area contributed by atoms with Crippen molar-refractivity contribution in [2.24, 2.45) is 0 Å². The highest BCUT2D eigenvalue weighted by Crippen LogP contribution is 2.42. The minimum absolute atomic E-state index is 0.151. The number of fused-ring (bicyclic) bond motifs is 2. The van der Waals surface area contributed by atoms with Crippen LogP contribution in [0.4, 0.5) is 22.7 Å². The molecular weight excluding hydrogens is 486 g/mol. The number of carboxylic acids is 1. The molecular formula is C33H33N3O3. The van der Waals surface area contributed by atoms with Crippen LogP contribution < -0.4 is 14.7 Å². The summed E-state index contributed by atoms with van der Waals surface area (Å²) in [6, 6.07) is 30.3. The molecule has 1 atom stereocenters. The van der Waals surface area contributed by atoms with Crippen molar-refractivity contribution in [2.75, 3.05) is 42.9 Å². The SMILES string of the molecule is CN(C)c1cccc2c(N(c3cccc4c(N(C)C)cccc34)[C@@H](Cc3ccc(O)cc3)C(=O)O)cccc12. The van der Waals surface area contributed by atoms with Gasteiger partial charge in [-0.05, 0) is 42.0 Å². The molecule has 5 rings (SSSR count). The van der Waals surface area contributed by atoms with Crippen molar-refractivity contribution in [3.8, 4) is 5.75 Å². The molecule has 0 saturated carbocycles. The fourth-order valence-corrected chi connectivity index (χ4v) is 5.36. The van der Waals surface area contributed by atoms with Crippen molar-refractivity contribution in [3.05, 3.63) is 103 Å². The smallest absolute Gasteiger partial charge is 0.327 e. The summed E-state index contributed by atoms with van der Waals surface area (Å²) in [5, 5.41) is 24.6. The van der Waals surface area contributed by atoms with E-state index in [1.165, 1.54) is 0 Å². The van der Waals surface area contributed by atoms with Crippen LogP contribution in [0.3, 0.4) is 0 Å². The molecule has 0 amide bonds. The van der Waals surface area contributed by atoms with Gasteiger partial charge >= 0.3 is 5.97 Å². The molecule has 39 heavy (non-hydrogen) atoms. The Kier molecular flexibility index (Phi) is 7.03. The molecule has 0 aliphatic rings. The highest BCUT2D eigenvalue weighted by atomic mass is 16.4. The number of aliphatic carboxylic acids is 1. The minimum atomic E-state index is -0.926. The van der Waals surface area contributed by atoms with Gasteiger partial charge in [0.25, 0.3) is 0 Å². The number of hydrogen-bond acceptors (Lipinski definition) is 5. The van der Waals surface area contributed by atoms with Crippen LogP contribution in [0.1, 0.15) is 5.56 Å². The largest absolute Gasteiger partial charge is 0.508 e. The predicted octanol–water partition coefficient (Wildman–Crippen LogP) is 6.66. The predicted molar refractivity (Wildman–Crippen MR) is 162 cm³/mol. The Morgan fingerprint density at radius 2 is 1.00 bits per heavy atom. The molecule has 0 spiro atoms. The first kappa shape index (κ1) is 25.9. The maximum atomic E-state index is 13.1. The number of rotatable bonds is 8. The number of benzene rings is 5. The fourth-order valence-electron chi connectivity index (χ4n) is 5.36. The van der Waals surface area contributed by atoms with Crippen LogP contribution in [0.2, 0.25) is 0 Å². The highest BCUT2D eigenvalue weighted by Gasteiger charge is 2.30. The lowest BCUT2D eigenvalue weighted by molar-refractivity contribution is -0.138. The normalized spacial score (nSPS) is 11.9. The molecule has 0 aliphatic heterocycles. The Hall–Kier alpha value is -4.71. The molecule has 5 aromatic carbocycles. The van der Waals surface area contributed by atoms with E-state index in [0.717, 1.165) is 49.9 Å². The molecule has 0 heterocycles. The summed E-state index contributed by atoms with van der Waals surface area (Å²) in [5.74, 6) is -0.775. The van der Waals surface area contributed by atoms with Crippen molar-refractivity contribution in [2.45, 2.75) is 12.5 Å². The Morgan fingerprint density at radius 1 is 0.615 bits per heavy atom. The van der Waals surface area contributed by atoms with Crippen molar-refractivity contribution in [1.29, 1.82) is 0 Å². The van der Waals surface area contributed by atoms with Crippen molar-refractivity contribution < 1.29 is 15.0 Å². The summed E-state index contributed by atoms with van der Waals surface area (Å²) in [4.78, 5) is 19.2. The summed E-state index contributed by atoms with van der Waals surface area (Å²) >= 11 is 0. The molecule has 0 fully saturated rings. The van der Waals surface area contributed by atoms with E-state index in [1.54, 1.807) is 24.3 Å². The summed E-state index contributed by atoms with van der Waals surface area (Å²) in [5.41, 5.74) is 4.60. The van der Waals surface area contributed by atoms with Crippen LogP contribution >= 0.6 is 0 Å². The van der Waals surface area contributed by atoms with Gasteiger partial charge in [0.15, 0.2) is 0 Å². The number of aromatic hydroxyl groups is 1. The third kappa shape index (κ3) is 4.93. The third-order valence-electron chi connectivity index (χ3n) is 7.20. The number of phenolic OH excluding ortho intramolecular Hbond substituents is 1. The molecule has 0 saturated heterocycles. The molecule has 198 valence electrons. The molecule has 0 bridgehead atoms. The first-order chi connectivity index (χ1) is 18.8. The van der Waals surface area contributed by atoms with Crippen LogP contribution in [0.5, 0.6) is 5.75 Å². The standard InChI is InChI=1S/C33H33N3O3/c1-34(2)28-13-5-11-26-24(28)9-7-15-30(26)36(32(33(38)39)21-22-17-19-23(37)20-18-22)31-16-8-10-25-27(31)12-6-14-29(25)35(3)4/h5-20,32,37H,21H2,1-4H3,(H,38,39)/t32-/m0/s1. The van der Waals surface area contributed by atoms with E-state index in [4.69, 9.17) is 0 Å². The lowest BCUT2D eigenvalue weighted by atomic mass is 9.98. The van der Waals surface area contributed by atoms with Crippen LogP contribution in [-0.2, 0) is 11.2 Å². The molecule has 6 heteroatoms. The highest BCUT2D eigenvalue weighted by molar-refractivity contribution is 6.08. The molecule has 0 radical (unpaired) electrons. The molecule has 0 aromatic heterocycles. The summed E-state index contributed by atoms with van der Waals surface area (Å²) in [6.07, 6.45) is 0.253. The molecule has 5 aromatic rings. The summed E-state index contributed by atoms with van der Waals surface area (Å²) < 4.78 is 0. The molecule has 6 nitrogen and oxygen atoms in total. The van der Waals surface area contributed by atoms with Gasteiger partial charge in [-0.2, -0.15) is 0 Å². The number of anilines is 4. The summed E-state index contributed by atoms with van der Waals surface area (Å²) in [7, 11) is 8.05. The van der Waals surface area contributed by atoms with E-state index in [2.05, 4.69) is 46.2 Å². The van der Waals surface area contributed by atoms with E-state index in [9.17, 15) is 15.0 Å². The zero-order valence-corrected chi connectivity index (χ0v) is 22.7. The molecule has 0 aliphatic carbocycles. The number of hydrogen-bond donors (Lipinski definition) is 2. The Labute approximate surface area is 228 Å². The monoisotopic (exact) mass is 519 g/mol. The van der Waals surface area contributed by atoms with Gasteiger partial charge < -0.3 is 24.9 Å². The van der Waals surface area contributed by atoms with E-state index in [1.807, 2.05) is 69.5 Å². The van der Waals surface area contributed by atoms with Gasteiger partial charge in [-0.1, -0.05) is 60.7 Å². The van der Waals surface area contributed by atoms with Gasteiger partial charge in [0, 0.05) is 78.9 Å². The average Bonchev–Trinajstić information content (AvgIpc) is 2.93. The number of carboxylic acid groups (broad SMARTS) is 1. The van der Waals surface area contributed by atoms with Crippen LogP contribution in [0, 0.1) is 0 Å². The van der Waals surface area contributed by atoms with E-state index in [-0.39, 0.29) is 12.2 Å². The van der Waals surface area contributed by atoms with Crippen molar-refractivity contribution in [1.82, 2.24) is 0 Å². The van der Waals surface area contributed by atoms with E-state index < -0.39 is 12.0 Å². The Balaban J connectivity index is 1.81. The van der Waals surface area contributed by atoms with Crippen LogP contribution in [0.25, 0.3) is 21.5 Å². The second kappa shape index (κ2) is 10.6. The van der Waals surface area contributed by atoms with Gasteiger partial charge in [0.05, 0.1) is 0 Å². The minimum Gasteiger partial charge on any atom is -0.508 e. The van der Waals surface area contributed by atoms with E-state index >= 15 is 0 Å². The lowest BCUT2D eigenvalue weighted by Crippen LogP contribution is -2.40. The maximum Gasteiger partial charge on any atom is 0.327 e. The number of phenols is 1. The molecule has 2 N–H and O–H groups in total. The van der Waals surface area contributed by atoms with Crippen molar-refractivity contribution in [3.63, 3.8) is 0 Å². The van der Waals surface area contributed by atoms with Gasteiger partial charge in [-0.15, -0.1) is 0 Å². The Morgan fingerprint density at radius 3 is 1.38 bits per heavy atom. The third-order valence-corrected chi connectivity index (χ3v) is 7.20. The van der Waals surface area contributed by atoms with E-state index in [0.29, 0.717) is 0 Å². The quantitative estimate of drug-likeness (QED) is 0.239. The zero-order valence-electron chi connectivity index (χ0n) is 22.7. The van der Waals surface area contributed by atoms with Gasteiger partial charge in [0.1, 0.15) is 11.8 Å². The topological polar surface area (TPSA) is 67.2 Å². The fraction of sp³-hybridized carbons (Fsp3) is 0.182. The average molecular weight is 520 g/mol. The second-order valence-corrected chi connectivity index (χ2v) is 10.2. The first-order valence-electron chi connectivity index (χ1n) is 12.9. The second-order valence-electron chi connectivity index (χ2n) is 10.2. The molecule has 0 unspecified atom stereocenters. The number of nitrogens with zero attached hydrogens (tertiary/aromatic N) is 3. The summed E-state index contributed by atoms with van der Waals surface area (Å²) in [6.45, 7) is 0. The maximum absolute atomic E-state index is 13.1. The number of carbonyl (C=O) groups is 1.